The lowest BCUT2D eigenvalue weighted by Crippen LogP contribution is -2.29. The summed E-state index contributed by atoms with van der Waals surface area (Å²) in [5.74, 6) is -0.128. The first-order valence-electron chi connectivity index (χ1n) is 6.02. The predicted molar refractivity (Wildman–Crippen MR) is 71.5 cm³/mol. The molecule has 0 aromatic carbocycles. The van der Waals surface area contributed by atoms with Crippen LogP contribution in [0.2, 0.25) is 0 Å². The number of carbonyl (C=O) groups is 1. The first kappa shape index (κ1) is 12.3. The van der Waals surface area contributed by atoms with Gasteiger partial charge < -0.3 is 15.0 Å². The fraction of sp³-hybridized carbons (Fsp3) is 0.417. The van der Waals surface area contributed by atoms with Crippen LogP contribution < -0.4 is 5.56 Å². The van der Waals surface area contributed by atoms with Crippen LogP contribution in [0.3, 0.4) is 0 Å². The van der Waals surface area contributed by atoms with Crippen LogP contribution in [0.1, 0.15) is 21.7 Å². The van der Waals surface area contributed by atoms with Crippen molar-refractivity contribution in [2.24, 2.45) is 0 Å². The Balaban J connectivity index is 2.06. The Morgan fingerprint density at radius 2 is 2.42 bits per heavy atom. The summed E-state index contributed by atoms with van der Waals surface area (Å²) < 4.78 is 0. The van der Waals surface area contributed by atoms with Gasteiger partial charge in [-0.2, -0.15) is 0 Å². The fourth-order valence-corrected chi connectivity index (χ4v) is 3.47. The number of aliphatic hydroxyl groups is 1. The second-order valence-electron chi connectivity index (χ2n) is 4.66. The first-order chi connectivity index (χ1) is 9.08. The highest BCUT2D eigenvalue weighted by Crippen LogP contribution is 2.28. The molecule has 19 heavy (non-hydrogen) atoms. The van der Waals surface area contributed by atoms with Gasteiger partial charge in [-0.25, -0.2) is 4.98 Å². The second kappa shape index (κ2) is 4.43. The molecule has 1 atom stereocenters. The molecule has 1 fully saturated rings. The van der Waals surface area contributed by atoms with Crippen molar-refractivity contribution in [3.05, 3.63) is 27.1 Å². The number of rotatable bonds is 1. The second-order valence-corrected chi connectivity index (χ2v) is 5.66. The molecule has 0 unspecified atom stereocenters. The number of nitrogens with zero attached hydrogens (tertiary/aromatic N) is 2. The number of fused-ring (bicyclic) bond motifs is 1. The van der Waals surface area contributed by atoms with Gasteiger partial charge in [0.05, 0.1) is 22.7 Å². The van der Waals surface area contributed by atoms with Crippen molar-refractivity contribution in [3.63, 3.8) is 0 Å². The maximum Gasteiger partial charge on any atom is 0.264 e. The Morgan fingerprint density at radius 1 is 1.63 bits per heavy atom. The van der Waals surface area contributed by atoms with Gasteiger partial charge in [0.25, 0.3) is 11.5 Å². The van der Waals surface area contributed by atoms with E-state index in [1.165, 1.54) is 17.7 Å². The molecular weight excluding hydrogens is 266 g/mol. The van der Waals surface area contributed by atoms with Gasteiger partial charge in [0.15, 0.2) is 0 Å². The molecule has 2 aromatic rings. The largest absolute Gasteiger partial charge is 0.391 e. The Bertz CT molecular complexity index is 706. The third-order valence-corrected chi connectivity index (χ3v) is 4.57. The third-order valence-electron chi connectivity index (χ3n) is 3.38. The molecule has 3 rings (SSSR count). The van der Waals surface area contributed by atoms with E-state index in [-0.39, 0.29) is 11.5 Å². The Hall–Kier alpha value is -1.73. The van der Waals surface area contributed by atoms with Crippen LogP contribution in [0, 0.1) is 6.92 Å². The topological polar surface area (TPSA) is 86.3 Å². The number of carbonyl (C=O) groups excluding carboxylic acids is 1. The van der Waals surface area contributed by atoms with E-state index < -0.39 is 6.10 Å². The molecule has 2 N–H and O–H groups in total. The number of β-amino-alcohol motifs (C(OH)–C–C–N with tert-alkyl or cyclic N) is 1. The van der Waals surface area contributed by atoms with Crippen LogP contribution >= 0.6 is 11.3 Å². The summed E-state index contributed by atoms with van der Waals surface area (Å²) in [4.78, 5) is 33.5. The maximum absolute atomic E-state index is 12.4. The van der Waals surface area contributed by atoms with Crippen LogP contribution in [-0.4, -0.2) is 45.1 Å². The SMILES string of the molecule is Cc1c(C(=O)N2CC[C@H](O)C2)sc2nc[nH]c(=O)c12. The van der Waals surface area contributed by atoms with E-state index in [1.54, 1.807) is 11.8 Å². The minimum Gasteiger partial charge on any atom is -0.391 e. The summed E-state index contributed by atoms with van der Waals surface area (Å²) in [6.07, 6.45) is 1.50. The number of aryl methyl sites for hydroxylation is 1. The van der Waals surface area contributed by atoms with Gasteiger partial charge >= 0.3 is 0 Å². The standard InChI is InChI=1S/C12H13N3O3S/c1-6-8-10(17)13-5-14-11(8)19-9(6)12(18)15-3-2-7(16)4-15/h5,7,16H,2-4H2,1H3,(H,13,14,17)/t7-/m0/s1. The molecule has 6 nitrogen and oxygen atoms in total. The zero-order chi connectivity index (χ0) is 13.6. The van der Waals surface area contributed by atoms with E-state index in [0.717, 1.165) is 0 Å². The number of aromatic amines is 1. The van der Waals surface area contributed by atoms with Crippen LogP contribution in [0.25, 0.3) is 10.2 Å². The summed E-state index contributed by atoms with van der Waals surface area (Å²) in [7, 11) is 0. The average molecular weight is 279 g/mol. The van der Waals surface area contributed by atoms with Crippen molar-refractivity contribution in [2.75, 3.05) is 13.1 Å². The van der Waals surface area contributed by atoms with E-state index in [2.05, 4.69) is 9.97 Å². The van der Waals surface area contributed by atoms with Gasteiger partial charge in [0.2, 0.25) is 0 Å². The number of aliphatic hydroxyl groups excluding tert-OH is 1. The highest BCUT2D eigenvalue weighted by atomic mass is 32.1. The van der Waals surface area contributed by atoms with E-state index >= 15 is 0 Å². The molecule has 0 saturated carbocycles. The highest BCUT2D eigenvalue weighted by Gasteiger charge is 2.28. The lowest BCUT2D eigenvalue weighted by molar-refractivity contribution is 0.0769. The number of aromatic nitrogens is 2. The lowest BCUT2D eigenvalue weighted by Gasteiger charge is -2.14. The Kier molecular flexibility index (Phi) is 2.87. The molecule has 3 heterocycles. The van der Waals surface area contributed by atoms with Gasteiger partial charge in [0.1, 0.15) is 4.83 Å². The van der Waals surface area contributed by atoms with Gasteiger partial charge in [-0.15, -0.1) is 11.3 Å². The van der Waals surface area contributed by atoms with Gasteiger partial charge in [-0.1, -0.05) is 0 Å². The number of amides is 1. The van der Waals surface area contributed by atoms with Crippen molar-refractivity contribution in [2.45, 2.75) is 19.4 Å². The Morgan fingerprint density at radius 3 is 3.05 bits per heavy atom. The van der Waals surface area contributed by atoms with Crippen molar-refractivity contribution < 1.29 is 9.90 Å². The summed E-state index contributed by atoms with van der Waals surface area (Å²) in [5, 5.41) is 9.97. The predicted octanol–water partition coefficient (Wildman–Crippen LogP) is 0.500. The Labute approximate surface area is 112 Å². The van der Waals surface area contributed by atoms with Gasteiger partial charge in [-0.3, -0.25) is 9.59 Å². The van der Waals surface area contributed by atoms with Crippen molar-refractivity contribution in [1.29, 1.82) is 0 Å². The molecular formula is C12H13N3O3S. The maximum atomic E-state index is 12.4. The molecule has 0 aliphatic carbocycles. The third kappa shape index (κ3) is 1.95. The normalized spacial score (nSPS) is 19.3. The van der Waals surface area contributed by atoms with E-state index in [1.807, 2.05) is 0 Å². The summed E-state index contributed by atoms with van der Waals surface area (Å²) in [6.45, 7) is 2.67. The number of thiophene rings is 1. The summed E-state index contributed by atoms with van der Waals surface area (Å²) >= 11 is 1.23. The van der Waals surface area contributed by atoms with Crippen LogP contribution in [-0.2, 0) is 0 Å². The van der Waals surface area contributed by atoms with Crippen LogP contribution in [0.15, 0.2) is 11.1 Å². The number of hydrogen-bond acceptors (Lipinski definition) is 5. The minimum atomic E-state index is -0.444. The van der Waals surface area contributed by atoms with Crippen molar-refractivity contribution in [3.8, 4) is 0 Å². The molecule has 1 saturated heterocycles. The van der Waals surface area contributed by atoms with E-state index in [4.69, 9.17) is 0 Å². The van der Waals surface area contributed by atoms with Gasteiger partial charge in [-0.05, 0) is 18.9 Å². The molecule has 1 aliphatic heterocycles. The fourth-order valence-electron chi connectivity index (χ4n) is 2.35. The smallest absolute Gasteiger partial charge is 0.264 e. The van der Waals surface area contributed by atoms with E-state index in [9.17, 15) is 14.7 Å². The molecule has 0 spiro atoms. The molecule has 0 bridgehead atoms. The van der Waals surface area contributed by atoms with Crippen molar-refractivity contribution in [1.82, 2.24) is 14.9 Å². The van der Waals surface area contributed by atoms with Crippen LogP contribution in [0.4, 0.5) is 0 Å². The number of nitrogens with one attached hydrogen (secondary N) is 1. The minimum absolute atomic E-state index is 0.128. The highest BCUT2D eigenvalue weighted by molar-refractivity contribution is 7.20. The average Bonchev–Trinajstić information content (AvgIpc) is 2.94. The van der Waals surface area contributed by atoms with Gasteiger partial charge in [0, 0.05) is 13.1 Å². The monoisotopic (exact) mass is 279 g/mol. The molecule has 7 heteroatoms. The quantitative estimate of drug-likeness (QED) is 0.796. The summed E-state index contributed by atoms with van der Waals surface area (Å²) in [5.41, 5.74) is 0.444. The molecule has 1 amide bonds. The first-order valence-corrected chi connectivity index (χ1v) is 6.83. The molecule has 2 aromatic heterocycles. The summed E-state index contributed by atoms with van der Waals surface area (Å²) in [6, 6.07) is 0. The molecule has 100 valence electrons. The molecule has 0 radical (unpaired) electrons. The van der Waals surface area contributed by atoms with E-state index in [0.29, 0.717) is 40.2 Å². The lowest BCUT2D eigenvalue weighted by atomic mass is 10.2. The zero-order valence-corrected chi connectivity index (χ0v) is 11.2. The van der Waals surface area contributed by atoms with Crippen LogP contribution in [0.5, 0.6) is 0 Å². The number of likely N-dealkylation sites (tertiary alicyclic amines) is 1. The number of hydrogen-bond donors (Lipinski definition) is 2. The zero-order valence-electron chi connectivity index (χ0n) is 10.3. The molecule has 1 aliphatic rings. The number of H-pyrrole nitrogens is 1. The van der Waals surface area contributed by atoms with Crippen molar-refractivity contribution >= 4 is 27.5 Å².